The molecule has 1 fully saturated rings. The maximum Gasteiger partial charge on any atom is 0.410 e. The Labute approximate surface area is 193 Å². The summed E-state index contributed by atoms with van der Waals surface area (Å²) in [5.74, 6) is 0.953. The van der Waals surface area contributed by atoms with Crippen LogP contribution in [0, 0.1) is 0 Å². The van der Waals surface area contributed by atoms with Gasteiger partial charge in [-0.05, 0) is 38.8 Å². The molecule has 3 aromatic rings. The van der Waals surface area contributed by atoms with Crippen molar-refractivity contribution in [1.82, 2.24) is 29.3 Å². The van der Waals surface area contributed by atoms with Crippen LogP contribution in [0.1, 0.15) is 58.2 Å². The smallest absolute Gasteiger partial charge is 0.410 e. The molecule has 5 heterocycles. The van der Waals surface area contributed by atoms with Gasteiger partial charge in [-0.3, -0.25) is 4.68 Å². The molecule has 0 aromatic carbocycles. The predicted octanol–water partition coefficient (Wildman–Crippen LogP) is 3.95. The number of rotatable bonds is 3. The highest BCUT2D eigenvalue weighted by molar-refractivity contribution is 5.73. The second kappa shape index (κ2) is 9.38. The first kappa shape index (κ1) is 23.0. The molecule has 5 rings (SSSR count). The van der Waals surface area contributed by atoms with Crippen LogP contribution in [-0.2, 0) is 22.6 Å². The summed E-state index contributed by atoms with van der Waals surface area (Å²) in [6, 6.07) is 4.08. The van der Waals surface area contributed by atoms with Gasteiger partial charge in [0.25, 0.3) is 0 Å². The number of amides is 1. The topological polar surface area (TPSA) is 98.8 Å². The van der Waals surface area contributed by atoms with E-state index in [4.69, 9.17) is 9.47 Å². The SMILES string of the molecule is CC.CC(C)(C)OC(=O)N1CC[C@H](c2cc(Nc3cc4n(n3)CCOC4)c3ncnn3c2)C1. The van der Waals surface area contributed by atoms with E-state index in [1.807, 2.05) is 51.6 Å². The lowest BCUT2D eigenvalue weighted by molar-refractivity contribution is 0.0292. The van der Waals surface area contributed by atoms with Crippen LogP contribution in [-0.4, -0.2) is 60.7 Å². The van der Waals surface area contributed by atoms with Crippen molar-refractivity contribution in [3.8, 4) is 0 Å². The third kappa shape index (κ3) is 5.11. The van der Waals surface area contributed by atoms with E-state index in [9.17, 15) is 4.79 Å². The van der Waals surface area contributed by atoms with E-state index in [-0.39, 0.29) is 12.0 Å². The molecule has 10 nitrogen and oxygen atoms in total. The number of pyridine rings is 1. The van der Waals surface area contributed by atoms with Crippen LogP contribution in [0.2, 0.25) is 0 Å². The Balaban J connectivity index is 0.00000126. The molecule has 3 aromatic heterocycles. The zero-order valence-corrected chi connectivity index (χ0v) is 20.0. The number of aromatic nitrogens is 5. The highest BCUT2D eigenvalue weighted by atomic mass is 16.6. The van der Waals surface area contributed by atoms with Gasteiger partial charge in [0.05, 0.1) is 31.1 Å². The fourth-order valence-corrected chi connectivity index (χ4v) is 4.08. The Morgan fingerprint density at radius 2 is 2.06 bits per heavy atom. The summed E-state index contributed by atoms with van der Waals surface area (Å²) in [5, 5.41) is 12.4. The first-order valence-electron chi connectivity index (χ1n) is 11.6. The fraction of sp³-hybridized carbons (Fsp3) is 0.565. The van der Waals surface area contributed by atoms with Gasteiger partial charge < -0.3 is 19.7 Å². The summed E-state index contributed by atoms with van der Waals surface area (Å²) < 4.78 is 14.8. The number of hydrogen-bond donors (Lipinski definition) is 1. The molecule has 1 saturated heterocycles. The van der Waals surface area contributed by atoms with Crippen molar-refractivity contribution in [3.63, 3.8) is 0 Å². The van der Waals surface area contributed by atoms with Gasteiger partial charge in [0.15, 0.2) is 11.5 Å². The van der Waals surface area contributed by atoms with Crippen LogP contribution in [0.25, 0.3) is 5.65 Å². The summed E-state index contributed by atoms with van der Waals surface area (Å²) in [5.41, 5.74) is 3.21. The molecule has 1 N–H and O–H groups in total. The Kier molecular flexibility index (Phi) is 6.55. The second-order valence-electron chi connectivity index (χ2n) is 9.05. The molecular weight excluding hydrogens is 422 g/mol. The van der Waals surface area contributed by atoms with E-state index < -0.39 is 5.60 Å². The summed E-state index contributed by atoms with van der Waals surface area (Å²) in [6.07, 6.45) is 4.14. The molecule has 178 valence electrons. The lowest BCUT2D eigenvalue weighted by Gasteiger charge is -2.24. The maximum absolute atomic E-state index is 12.5. The van der Waals surface area contributed by atoms with E-state index >= 15 is 0 Å². The minimum Gasteiger partial charge on any atom is -0.444 e. The predicted molar refractivity (Wildman–Crippen MR) is 125 cm³/mol. The lowest BCUT2D eigenvalue weighted by Crippen LogP contribution is -2.35. The second-order valence-corrected chi connectivity index (χ2v) is 9.05. The molecule has 33 heavy (non-hydrogen) atoms. The highest BCUT2D eigenvalue weighted by Crippen LogP contribution is 2.32. The van der Waals surface area contributed by atoms with Gasteiger partial charge in [-0.25, -0.2) is 14.3 Å². The highest BCUT2D eigenvalue weighted by Gasteiger charge is 2.31. The van der Waals surface area contributed by atoms with Gasteiger partial charge >= 0.3 is 6.09 Å². The number of nitrogens with one attached hydrogen (secondary N) is 1. The molecule has 1 amide bonds. The van der Waals surface area contributed by atoms with Crippen molar-refractivity contribution in [3.05, 3.63) is 35.9 Å². The third-order valence-corrected chi connectivity index (χ3v) is 5.53. The van der Waals surface area contributed by atoms with Crippen molar-refractivity contribution >= 4 is 23.2 Å². The van der Waals surface area contributed by atoms with E-state index in [1.165, 1.54) is 6.33 Å². The number of carbonyl (C=O) groups excluding carboxylic acids is 1. The van der Waals surface area contributed by atoms with Crippen LogP contribution in [0.15, 0.2) is 24.7 Å². The Morgan fingerprint density at radius 3 is 2.82 bits per heavy atom. The molecule has 0 unspecified atom stereocenters. The monoisotopic (exact) mass is 455 g/mol. The van der Waals surface area contributed by atoms with Crippen molar-refractivity contribution < 1.29 is 14.3 Å². The van der Waals surface area contributed by atoms with Gasteiger partial charge in [-0.2, -0.15) is 10.2 Å². The normalized spacial score (nSPS) is 18.0. The molecule has 2 aliphatic rings. The molecule has 2 aliphatic heterocycles. The summed E-state index contributed by atoms with van der Waals surface area (Å²) >= 11 is 0. The van der Waals surface area contributed by atoms with Crippen LogP contribution in [0.3, 0.4) is 0 Å². The summed E-state index contributed by atoms with van der Waals surface area (Å²) in [6.45, 7) is 12.9. The molecule has 1 atom stereocenters. The Hall–Kier alpha value is -3.14. The Bertz CT molecular complexity index is 1090. The number of fused-ring (bicyclic) bond motifs is 2. The zero-order chi connectivity index (χ0) is 23.6. The Morgan fingerprint density at radius 1 is 1.24 bits per heavy atom. The van der Waals surface area contributed by atoms with Gasteiger partial charge in [-0.15, -0.1) is 0 Å². The number of nitrogens with zero attached hydrogens (tertiary/aromatic N) is 6. The van der Waals surface area contributed by atoms with E-state index in [0.717, 1.165) is 41.4 Å². The third-order valence-electron chi connectivity index (χ3n) is 5.53. The molecule has 0 spiro atoms. The standard InChI is InChI=1S/C21H27N7O3.C2H6/c1-21(2,3)31-20(29)26-5-4-14(10-26)15-8-17(19-22-13-23-28(19)11-15)24-18-9-16-12-30-7-6-27(16)25-18;1-2/h8-9,11,13-14H,4-7,10,12H2,1-3H3,(H,24,25);1-2H3/t14-;/m0./s1. The quantitative estimate of drug-likeness (QED) is 0.638. The van der Waals surface area contributed by atoms with Crippen LogP contribution < -0.4 is 5.32 Å². The van der Waals surface area contributed by atoms with Crippen molar-refractivity contribution in [2.45, 2.75) is 65.7 Å². The number of likely N-dealkylation sites (tertiary alicyclic amines) is 1. The van der Waals surface area contributed by atoms with E-state index in [0.29, 0.717) is 26.3 Å². The minimum absolute atomic E-state index is 0.199. The average Bonchev–Trinajstić information content (AvgIpc) is 3.52. The summed E-state index contributed by atoms with van der Waals surface area (Å²) in [4.78, 5) is 18.6. The maximum atomic E-state index is 12.5. The van der Waals surface area contributed by atoms with E-state index in [1.54, 1.807) is 9.42 Å². The molecule has 10 heteroatoms. The largest absolute Gasteiger partial charge is 0.444 e. The van der Waals surface area contributed by atoms with Gasteiger partial charge in [0.1, 0.15) is 11.9 Å². The zero-order valence-electron chi connectivity index (χ0n) is 20.0. The molecule has 0 aliphatic carbocycles. The van der Waals surface area contributed by atoms with Crippen molar-refractivity contribution in [2.75, 3.05) is 25.0 Å². The van der Waals surface area contributed by atoms with Crippen LogP contribution in [0.5, 0.6) is 0 Å². The number of hydrogen-bond acceptors (Lipinski definition) is 7. The van der Waals surface area contributed by atoms with Crippen molar-refractivity contribution in [2.24, 2.45) is 0 Å². The number of ether oxygens (including phenoxy) is 2. The number of anilines is 2. The van der Waals surface area contributed by atoms with Crippen LogP contribution in [0.4, 0.5) is 16.3 Å². The van der Waals surface area contributed by atoms with Gasteiger partial charge in [0.2, 0.25) is 0 Å². The first-order valence-corrected chi connectivity index (χ1v) is 11.6. The molecule has 0 saturated carbocycles. The lowest BCUT2D eigenvalue weighted by atomic mass is 10.00. The van der Waals surface area contributed by atoms with Gasteiger partial charge in [-0.1, -0.05) is 13.8 Å². The molecule has 0 bridgehead atoms. The average molecular weight is 456 g/mol. The van der Waals surface area contributed by atoms with Crippen molar-refractivity contribution in [1.29, 1.82) is 0 Å². The summed E-state index contributed by atoms with van der Waals surface area (Å²) in [7, 11) is 0. The minimum atomic E-state index is -0.499. The molecule has 0 radical (unpaired) electrons. The van der Waals surface area contributed by atoms with Crippen LogP contribution >= 0.6 is 0 Å². The fourth-order valence-electron chi connectivity index (χ4n) is 4.08. The number of carbonyl (C=O) groups is 1. The molecular formula is C23H33N7O3. The first-order chi connectivity index (χ1) is 15.9. The van der Waals surface area contributed by atoms with E-state index in [2.05, 4.69) is 26.6 Å². The van der Waals surface area contributed by atoms with Gasteiger partial charge in [0, 0.05) is 31.3 Å².